The van der Waals surface area contributed by atoms with Gasteiger partial charge in [-0.1, -0.05) is 60.1 Å². The van der Waals surface area contributed by atoms with Crippen LogP contribution in [0.5, 0.6) is 5.75 Å². The number of aliphatic hydroxyl groups is 1. The molecule has 1 unspecified atom stereocenters. The predicted octanol–water partition coefficient (Wildman–Crippen LogP) is 6.33. The molecular formula is C29H29ClN2O3S. The van der Waals surface area contributed by atoms with Crippen molar-refractivity contribution in [2.24, 2.45) is 0 Å². The molecule has 2 N–H and O–H groups in total. The van der Waals surface area contributed by atoms with Crippen molar-refractivity contribution < 1.29 is 14.6 Å². The Morgan fingerprint density at radius 3 is 2.56 bits per heavy atom. The minimum Gasteiger partial charge on any atom is -0.487 e. The largest absolute Gasteiger partial charge is 0.487 e. The summed E-state index contributed by atoms with van der Waals surface area (Å²) in [6, 6.07) is 28.1. The minimum absolute atomic E-state index is 0.151. The van der Waals surface area contributed by atoms with E-state index in [0.717, 1.165) is 52.2 Å². The van der Waals surface area contributed by atoms with Gasteiger partial charge < -0.3 is 15.2 Å². The SMILES string of the molecule is O=C(CSC(CCCc1ccc(Cl)cc1)c1ccc(OCc2ccc3ccccc3n2)cc1)NCO. The second-order valence-electron chi connectivity index (χ2n) is 8.43. The lowest BCUT2D eigenvalue weighted by atomic mass is 10.0. The van der Waals surface area contributed by atoms with Crippen molar-refractivity contribution in [3.63, 3.8) is 0 Å². The van der Waals surface area contributed by atoms with Crippen molar-refractivity contribution in [2.75, 3.05) is 12.5 Å². The smallest absolute Gasteiger partial charge is 0.231 e. The van der Waals surface area contributed by atoms with E-state index in [4.69, 9.17) is 21.4 Å². The number of hydrogen-bond donors (Lipinski definition) is 2. The topological polar surface area (TPSA) is 71.5 Å². The summed E-state index contributed by atoms with van der Waals surface area (Å²) >= 11 is 7.58. The first-order chi connectivity index (χ1) is 17.6. The number of rotatable bonds is 12. The summed E-state index contributed by atoms with van der Waals surface area (Å²) in [5.74, 6) is 0.891. The monoisotopic (exact) mass is 520 g/mol. The Hall–Kier alpha value is -3.06. The minimum atomic E-state index is -0.348. The van der Waals surface area contributed by atoms with Gasteiger partial charge in [0.05, 0.1) is 17.0 Å². The van der Waals surface area contributed by atoms with Crippen LogP contribution in [0.25, 0.3) is 10.9 Å². The molecule has 1 amide bonds. The number of pyridine rings is 1. The van der Waals surface area contributed by atoms with Crippen LogP contribution in [-0.4, -0.2) is 28.5 Å². The number of aryl methyl sites for hydroxylation is 1. The molecule has 0 saturated carbocycles. The Labute approximate surface area is 220 Å². The normalized spacial score (nSPS) is 11.8. The number of carbonyl (C=O) groups is 1. The standard InChI is InChI=1S/C29H29ClN2O3S/c30-24-13-8-21(9-14-24)4-3-7-28(36-19-29(34)31-20-33)23-11-16-26(17-12-23)35-18-25-15-10-22-5-1-2-6-27(22)32-25/h1-2,5-6,8-17,28,33H,3-4,7,18-20H2,(H,31,34). The molecule has 7 heteroatoms. The van der Waals surface area contributed by atoms with Gasteiger partial charge in [-0.3, -0.25) is 4.79 Å². The van der Waals surface area contributed by atoms with E-state index < -0.39 is 0 Å². The van der Waals surface area contributed by atoms with Crippen LogP contribution in [0, 0.1) is 0 Å². The van der Waals surface area contributed by atoms with Crippen LogP contribution in [0.4, 0.5) is 0 Å². The maximum atomic E-state index is 11.9. The van der Waals surface area contributed by atoms with Crippen LogP contribution < -0.4 is 10.1 Å². The van der Waals surface area contributed by atoms with Gasteiger partial charge in [-0.25, -0.2) is 4.98 Å². The van der Waals surface area contributed by atoms with E-state index in [1.54, 1.807) is 11.8 Å². The van der Waals surface area contributed by atoms with Gasteiger partial charge in [0.1, 0.15) is 19.1 Å². The van der Waals surface area contributed by atoms with E-state index >= 15 is 0 Å². The number of amides is 1. The highest BCUT2D eigenvalue weighted by Crippen LogP contribution is 2.34. The van der Waals surface area contributed by atoms with Crippen LogP contribution >= 0.6 is 23.4 Å². The number of nitrogens with one attached hydrogen (secondary N) is 1. The summed E-state index contributed by atoms with van der Waals surface area (Å²) in [5.41, 5.74) is 4.22. The number of thioether (sulfide) groups is 1. The highest BCUT2D eigenvalue weighted by molar-refractivity contribution is 8.00. The van der Waals surface area contributed by atoms with Gasteiger partial charge in [0.25, 0.3) is 0 Å². The quantitative estimate of drug-likeness (QED) is 0.213. The fraction of sp³-hybridized carbons (Fsp3) is 0.241. The molecule has 5 nitrogen and oxygen atoms in total. The molecule has 0 bridgehead atoms. The van der Waals surface area contributed by atoms with Crippen LogP contribution in [0.15, 0.2) is 84.9 Å². The molecule has 0 spiro atoms. The summed E-state index contributed by atoms with van der Waals surface area (Å²) in [6.07, 6.45) is 2.84. The number of carbonyl (C=O) groups excluding carboxylic acids is 1. The lowest BCUT2D eigenvalue weighted by molar-refractivity contribution is -0.119. The maximum absolute atomic E-state index is 11.9. The number of benzene rings is 3. The number of halogens is 1. The van der Waals surface area contributed by atoms with Gasteiger partial charge in [0.2, 0.25) is 5.91 Å². The number of fused-ring (bicyclic) bond motifs is 1. The molecule has 3 aromatic carbocycles. The van der Waals surface area contributed by atoms with E-state index in [-0.39, 0.29) is 23.6 Å². The van der Waals surface area contributed by atoms with E-state index in [1.165, 1.54) is 5.56 Å². The second kappa shape index (κ2) is 13.3. The van der Waals surface area contributed by atoms with Crippen LogP contribution in [0.2, 0.25) is 5.02 Å². The first-order valence-corrected chi connectivity index (χ1v) is 13.3. The highest BCUT2D eigenvalue weighted by Gasteiger charge is 2.15. The number of ether oxygens (including phenoxy) is 1. The molecule has 0 fully saturated rings. The average molecular weight is 521 g/mol. The molecule has 0 aliphatic rings. The fourth-order valence-electron chi connectivity index (χ4n) is 3.93. The molecule has 0 aliphatic carbocycles. The first-order valence-electron chi connectivity index (χ1n) is 11.9. The zero-order valence-electron chi connectivity index (χ0n) is 19.9. The third-order valence-corrected chi connectivity index (χ3v) is 7.42. The van der Waals surface area contributed by atoms with Gasteiger partial charge in [0.15, 0.2) is 0 Å². The van der Waals surface area contributed by atoms with Gasteiger partial charge in [0, 0.05) is 15.7 Å². The lowest BCUT2D eigenvalue weighted by Crippen LogP contribution is -2.26. The summed E-state index contributed by atoms with van der Waals surface area (Å²) in [4.78, 5) is 16.6. The lowest BCUT2D eigenvalue weighted by Gasteiger charge is -2.18. The third kappa shape index (κ3) is 7.72. The van der Waals surface area contributed by atoms with Crippen molar-refractivity contribution in [1.82, 2.24) is 10.3 Å². The summed E-state index contributed by atoms with van der Waals surface area (Å²) in [7, 11) is 0. The van der Waals surface area contributed by atoms with E-state index in [1.807, 2.05) is 54.6 Å². The molecular weight excluding hydrogens is 492 g/mol. The van der Waals surface area contributed by atoms with Crippen molar-refractivity contribution in [3.8, 4) is 5.75 Å². The van der Waals surface area contributed by atoms with Crippen LogP contribution in [-0.2, 0) is 17.8 Å². The van der Waals surface area contributed by atoms with E-state index in [9.17, 15) is 4.79 Å². The second-order valence-corrected chi connectivity index (χ2v) is 10.1. The van der Waals surface area contributed by atoms with Crippen molar-refractivity contribution in [1.29, 1.82) is 0 Å². The van der Waals surface area contributed by atoms with E-state index in [0.29, 0.717) is 6.61 Å². The van der Waals surface area contributed by atoms with Crippen LogP contribution in [0.1, 0.15) is 34.9 Å². The van der Waals surface area contributed by atoms with Gasteiger partial charge >= 0.3 is 0 Å². The van der Waals surface area contributed by atoms with E-state index in [2.05, 4.69) is 40.6 Å². The molecule has 0 radical (unpaired) electrons. The zero-order chi connectivity index (χ0) is 25.2. The van der Waals surface area contributed by atoms with Crippen LogP contribution in [0.3, 0.4) is 0 Å². The van der Waals surface area contributed by atoms with Crippen molar-refractivity contribution in [3.05, 3.63) is 107 Å². The van der Waals surface area contributed by atoms with Crippen molar-refractivity contribution >= 4 is 40.2 Å². The summed E-state index contributed by atoms with van der Waals surface area (Å²) in [6.45, 7) is 0.0451. The number of para-hydroxylation sites is 1. The molecule has 0 saturated heterocycles. The summed E-state index contributed by atoms with van der Waals surface area (Å²) < 4.78 is 5.98. The molecule has 4 rings (SSSR count). The Morgan fingerprint density at radius 1 is 1.00 bits per heavy atom. The Kier molecular flexibility index (Phi) is 9.61. The fourth-order valence-corrected chi connectivity index (χ4v) is 5.19. The number of nitrogens with zero attached hydrogens (tertiary/aromatic N) is 1. The molecule has 4 aromatic rings. The molecule has 1 atom stereocenters. The zero-order valence-corrected chi connectivity index (χ0v) is 21.5. The van der Waals surface area contributed by atoms with Gasteiger partial charge in [-0.05, 0) is 66.8 Å². The predicted molar refractivity (Wildman–Crippen MR) is 147 cm³/mol. The van der Waals surface area contributed by atoms with Gasteiger partial charge in [-0.15, -0.1) is 11.8 Å². The number of aliphatic hydroxyl groups excluding tert-OH is 1. The molecule has 186 valence electrons. The molecule has 1 heterocycles. The molecule has 1 aromatic heterocycles. The van der Waals surface area contributed by atoms with Crippen molar-refractivity contribution in [2.45, 2.75) is 31.1 Å². The van der Waals surface area contributed by atoms with Gasteiger partial charge in [-0.2, -0.15) is 0 Å². The third-order valence-electron chi connectivity index (χ3n) is 5.83. The molecule has 36 heavy (non-hydrogen) atoms. The Balaban J connectivity index is 1.36. The average Bonchev–Trinajstić information content (AvgIpc) is 2.91. The Morgan fingerprint density at radius 2 is 1.78 bits per heavy atom. The first kappa shape index (κ1) is 26.0. The maximum Gasteiger partial charge on any atom is 0.231 e. The Bertz CT molecular complexity index is 1270. The number of aromatic nitrogens is 1. The number of hydrogen-bond acceptors (Lipinski definition) is 5. The summed E-state index contributed by atoms with van der Waals surface area (Å²) in [5, 5.41) is 13.4. The molecule has 0 aliphatic heterocycles. The highest BCUT2D eigenvalue weighted by atomic mass is 35.5.